The van der Waals surface area contributed by atoms with Gasteiger partial charge in [0, 0.05) is 43.9 Å². The maximum atomic E-state index is 10.7. The van der Waals surface area contributed by atoms with Crippen molar-refractivity contribution in [1.29, 1.82) is 0 Å². The van der Waals surface area contributed by atoms with Crippen molar-refractivity contribution >= 4 is 28.7 Å². The number of hydrogen-bond acceptors (Lipinski definition) is 6. The molecule has 0 aliphatic heterocycles. The first-order valence-electron chi connectivity index (χ1n) is 7.09. The molecule has 0 fully saturated rings. The van der Waals surface area contributed by atoms with Crippen LogP contribution in [0.1, 0.15) is 5.56 Å². The summed E-state index contributed by atoms with van der Waals surface area (Å²) in [4.78, 5) is 20.4. The average Bonchev–Trinajstić information content (AvgIpc) is 2.56. The minimum Gasteiger partial charge on any atom is -0.383 e. The number of benzene rings is 2. The van der Waals surface area contributed by atoms with Crippen molar-refractivity contribution in [3.8, 4) is 0 Å². The molecule has 2 rings (SSSR count). The van der Waals surface area contributed by atoms with Gasteiger partial charge in [-0.2, -0.15) is 0 Å². The lowest BCUT2D eigenvalue weighted by Crippen LogP contribution is -2.21. The molecule has 0 atom stereocenters. The van der Waals surface area contributed by atoms with Crippen molar-refractivity contribution in [1.82, 2.24) is 5.32 Å². The lowest BCUT2D eigenvalue weighted by atomic mass is 10.2. The number of non-ortho nitro benzene ring substituents is 2. The van der Waals surface area contributed by atoms with Gasteiger partial charge in [-0.05, 0) is 11.6 Å². The van der Waals surface area contributed by atoms with Crippen molar-refractivity contribution in [2.24, 2.45) is 0 Å². The smallest absolute Gasteiger partial charge is 0.271 e. The van der Waals surface area contributed by atoms with Crippen LogP contribution in [0, 0.1) is 20.2 Å². The van der Waals surface area contributed by atoms with Crippen LogP contribution in [0.4, 0.5) is 17.1 Å². The van der Waals surface area contributed by atoms with Gasteiger partial charge in [0.25, 0.3) is 11.4 Å². The molecule has 24 heavy (non-hydrogen) atoms. The van der Waals surface area contributed by atoms with Gasteiger partial charge in [0.2, 0.25) is 0 Å². The number of nitro benzene ring substituents is 2. The summed E-state index contributed by atoms with van der Waals surface area (Å²) in [6.07, 6.45) is 0. The maximum absolute atomic E-state index is 10.7. The zero-order valence-corrected chi connectivity index (χ0v) is 13.3. The maximum Gasteiger partial charge on any atom is 0.271 e. The van der Waals surface area contributed by atoms with Crippen LogP contribution >= 0.6 is 11.6 Å². The zero-order valence-electron chi connectivity index (χ0n) is 12.6. The van der Waals surface area contributed by atoms with E-state index in [9.17, 15) is 20.2 Å². The fraction of sp³-hybridized carbons (Fsp3) is 0.200. The predicted molar refractivity (Wildman–Crippen MR) is 91.4 cm³/mol. The third kappa shape index (κ3) is 4.90. The molecule has 126 valence electrons. The minimum atomic E-state index is -0.504. The van der Waals surface area contributed by atoms with Gasteiger partial charge < -0.3 is 10.6 Å². The van der Waals surface area contributed by atoms with E-state index in [1.807, 2.05) is 0 Å². The van der Waals surface area contributed by atoms with Crippen LogP contribution in [0.15, 0.2) is 42.5 Å². The van der Waals surface area contributed by atoms with Gasteiger partial charge in [0.15, 0.2) is 0 Å². The number of nitrogens with one attached hydrogen (secondary N) is 2. The summed E-state index contributed by atoms with van der Waals surface area (Å²) in [5.41, 5.74) is 1.43. The summed E-state index contributed by atoms with van der Waals surface area (Å²) in [6.45, 7) is 1.64. The van der Waals surface area contributed by atoms with E-state index >= 15 is 0 Å². The average molecular weight is 351 g/mol. The molecule has 0 bridgehead atoms. The SMILES string of the molecule is O=[N+]([O-])c1cccc(CNCCNc2ccc([N+](=O)[O-])cc2Cl)c1. The quantitative estimate of drug-likeness (QED) is 0.429. The topological polar surface area (TPSA) is 110 Å². The van der Waals surface area contributed by atoms with Crippen molar-refractivity contribution in [2.45, 2.75) is 6.54 Å². The molecule has 0 unspecified atom stereocenters. The van der Waals surface area contributed by atoms with Crippen molar-refractivity contribution in [2.75, 3.05) is 18.4 Å². The molecule has 8 nitrogen and oxygen atoms in total. The van der Waals surface area contributed by atoms with Gasteiger partial charge in [-0.15, -0.1) is 0 Å². The Morgan fingerprint density at radius 3 is 2.33 bits per heavy atom. The van der Waals surface area contributed by atoms with Crippen LogP contribution in [0.3, 0.4) is 0 Å². The summed E-state index contributed by atoms with van der Waals surface area (Å²) in [5, 5.41) is 27.8. The largest absolute Gasteiger partial charge is 0.383 e. The molecule has 2 N–H and O–H groups in total. The molecule has 0 saturated heterocycles. The normalized spacial score (nSPS) is 10.4. The molecule has 0 spiro atoms. The van der Waals surface area contributed by atoms with E-state index in [0.29, 0.717) is 25.3 Å². The van der Waals surface area contributed by atoms with Gasteiger partial charge in [-0.25, -0.2) is 0 Å². The molecule has 0 aliphatic rings. The molecule has 0 aliphatic carbocycles. The van der Waals surface area contributed by atoms with Gasteiger partial charge in [0.1, 0.15) is 0 Å². The van der Waals surface area contributed by atoms with Gasteiger partial charge in [-0.1, -0.05) is 23.7 Å². The van der Waals surface area contributed by atoms with Gasteiger partial charge in [0.05, 0.1) is 20.6 Å². The number of nitro groups is 2. The highest BCUT2D eigenvalue weighted by molar-refractivity contribution is 6.33. The van der Waals surface area contributed by atoms with Crippen LogP contribution in [0.2, 0.25) is 5.02 Å². The number of rotatable bonds is 8. The Kier molecular flexibility index (Phi) is 6.05. The Balaban J connectivity index is 1.78. The predicted octanol–water partition coefficient (Wildman–Crippen LogP) is 3.36. The highest BCUT2D eigenvalue weighted by Crippen LogP contribution is 2.26. The molecular weight excluding hydrogens is 336 g/mol. The van der Waals surface area contributed by atoms with Crippen molar-refractivity contribution in [3.05, 3.63) is 73.3 Å². The molecule has 0 amide bonds. The monoisotopic (exact) mass is 350 g/mol. The van der Waals surface area contributed by atoms with Gasteiger partial charge in [-0.3, -0.25) is 20.2 Å². The van der Waals surface area contributed by atoms with E-state index in [1.165, 1.54) is 24.3 Å². The molecule has 0 saturated carbocycles. The minimum absolute atomic E-state index is 0.0603. The van der Waals surface area contributed by atoms with E-state index in [-0.39, 0.29) is 16.4 Å². The number of halogens is 1. The lowest BCUT2D eigenvalue weighted by Gasteiger charge is -2.09. The lowest BCUT2D eigenvalue weighted by molar-refractivity contribution is -0.385. The first-order valence-corrected chi connectivity index (χ1v) is 7.47. The van der Waals surface area contributed by atoms with Crippen LogP contribution < -0.4 is 10.6 Å². The van der Waals surface area contributed by atoms with Crippen LogP contribution in [0.25, 0.3) is 0 Å². The second kappa shape index (κ2) is 8.23. The van der Waals surface area contributed by atoms with Crippen LogP contribution in [-0.2, 0) is 6.54 Å². The molecule has 2 aromatic rings. The number of anilines is 1. The fourth-order valence-corrected chi connectivity index (χ4v) is 2.30. The summed E-state index contributed by atoms with van der Waals surface area (Å²) in [7, 11) is 0. The summed E-state index contributed by atoms with van der Waals surface area (Å²) in [6, 6.07) is 10.6. The van der Waals surface area contributed by atoms with Crippen molar-refractivity contribution in [3.63, 3.8) is 0 Å². The number of hydrogen-bond donors (Lipinski definition) is 2. The zero-order chi connectivity index (χ0) is 17.5. The van der Waals surface area contributed by atoms with Crippen molar-refractivity contribution < 1.29 is 9.85 Å². The van der Waals surface area contributed by atoms with E-state index in [4.69, 9.17) is 11.6 Å². The van der Waals surface area contributed by atoms with E-state index in [2.05, 4.69) is 10.6 Å². The molecule has 0 heterocycles. The Morgan fingerprint density at radius 2 is 1.67 bits per heavy atom. The molecule has 0 radical (unpaired) electrons. The third-order valence-electron chi connectivity index (χ3n) is 3.23. The Labute approximate surface area is 142 Å². The molecule has 2 aromatic carbocycles. The molecular formula is C15H15ClN4O4. The highest BCUT2D eigenvalue weighted by Gasteiger charge is 2.09. The molecule has 9 heteroatoms. The van der Waals surface area contributed by atoms with E-state index in [1.54, 1.807) is 18.2 Å². The first-order chi connectivity index (χ1) is 11.5. The standard InChI is InChI=1S/C15H15ClN4O4/c16-14-9-13(20(23)24)4-5-15(14)18-7-6-17-10-11-2-1-3-12(8-11)19(21)22/h1-5,8-9,17-18H,6-7,10H2. The Hall–Kier alpha value is -2.71. The third-order valence-corrected chi connectivity index (χ3v) is 3.54. The second-order valence-electron chi connectivity index (χ2n) is 4.95. The van der Waals surface area contributed by atoms with E-state index < -0.39 is 9.85 Å². The highest BCUT2D eigenvalue weighted by atomic mass is 35.5. The first kappa shape index (κ1) is 17.6. The number of nitrogens with zero attached hydrogens (tertiary/aromatic N) is 2. The van der Waals surface area contributed by atoms with E-state index in [0.717, 1.165) is 5.56 Å². The fourth-order valence-electron chi connectivity index (χ4n) is 2.06. The summed E-state index contributed by atoms with van der Waals surface area (Å²) < 4.78 is 0. The summed E-state index contributed by atoms with van der Waals surface area (Å²) >= 11 is 5.98. The summed E-state index contributed by atoms with van der Waals surface area (Å²) in [5.74, 6) is 0. The Morgan fingerprint density at radius 1 is 0.958 bits per heavy atom. The second-order valence-corrected chi connectivity index (χ2v) is 5.36. The van der Waals surface area contributed by atoms with Gasteiger partial charge >= 0.3 is 0 Å². The van der Waals surface area contributed by atoms with Crippen LogP contribution in [-0.4, -0.2) is 22.9 Å². The Bertz CT molecular complexity index is 754. The van der Waals surface area contributed by atoms with Crippen LogP contribution in [0.5, 0.6) is 0 Å². The molecule has 0 aromatic heterocycles.